The third kappa shape index (κ3) is 2.41. The molecule has 1 aliphatic rings. The number of carbonyl (C=O) groups is 1. The lowest BCUT2D eigenvalue weighted by molar-refractivity contribution is 0.0926. The van der Waals surface area contributed by atoms with Gasteiger partial charge in [0.2, 0.25) is 0 Å². The number of hydrogen-bond donors (Lipinski definition) is 3. The number of para-hydroxylation sites is 1. The Kier molecular flexibility index (Phi) is 3.39. The Balaban J connectivity index is 1.57. The zero-order valence-electron chi connectivity index (χ0n) is 13.0. The minimum atomic E-state index is -0.0562. The second kappa shape index (κ2) is 5.56. The molecule has 0 aliphatic heterocycles. The number of aromatic amines is 1. The number of nitrogens with one attached hydrogen (secondary N) is 3. The van der Waals surface area contributed by atoms with Crippen molar-refractivity contribution in [2.24, 2.45) is 0 Å². The molecular weight excluding hydrogens is 286 g/mol. The summed E-state index contributed by atoms with van der Waals surface area (Å²) in [5, 5.41) is 7.55. The highest BCUT2D eigenvalue weighted by molar-refractivity contribution is 5.98. The first-order valence-corrected chi connectivity index (χ1v) is 7.90. The number of H-pyrrole nitrogens is 1. The van der Waals surface area contributed by atoms with E-state index >= 15 is 0 Å². The van der Waals surface area contributed by atoms with Gasteiger partial charge in [-0.15, -0.1) is 0 Å². The molecule has 2 aromatic carbocycles. The van der Waals surface area contributed by atoms with Crippen LogP contribution in [-0.2, 0) is 6.42 Å². The Bertz CT molecular complexity index is 835. The van der Waals surface area contributed by atoms with Crippen molar-refractivity contribution in [2.75, 3.05) is 7.05 Å². The maximum absolute atomic E-state index is 12.6. The summed E-state index contributed by atoms with van der Waals surface area (Å²) < 4.78 is 0. The minimum Gasteiger partial charge on any atom is -0.351 e. The average Bonchev–Trinajstić information content (AvgIpc) is 3.15. The summed E-state index contributed by atoms with van der Waals surface area (Å²) in [5.41, 5.74) is 4.17. The van der Waals surface area contributed by atoms with Crippen molar-refractivity contribution in [3.05, 3.63) is 71.4 Å². The molecule has 0 saturated heterocycles. The summed E-state index contributed by atoms with van der Waals surface area (Å²) in [6.45, 7) is 0. The number of rotatable bonds is 3. The van der Waals surface area contributed by atoms with Gasteiger partial charge in [0.05, 0.1) is 12.1 Å². The molecule has 116 valence electrons. The Morgan fingerprint density at radius 3 is 2.74 bits per heavy atom. The zero-order chi connectivity index (χ0) is 15.8. The second-order valence-electron chi connectivity index (χ2n) is 6.02. The molecule has 1 aromatic heterocycles. The number of amides is 1. The van der Waals surface area contributed by atoms with Crippen molar-refractivity contribution < 1.29 is 4.79 Å². The van der Waals surface area contributed by atoms with Crippen LogP contribution in [0.15, 0.2) is 54.6 Å². The molecule has 1 aliphatic carbocycles. The topological polar surface area (TPSA) is 56.9 Å². The molecule has 0 saturated carbocycles. The molecule has 2 atom stereocenters. The molecular formula is C19H19N3O. The molecule has 0 bridgehead atoms. The van der Waals surface area contributed by atoms with Crippen molar-refractivity contribution in [3.8, 4) is 0 Å². The van der Waals surface area contributed by atoms with Gasteiger partial charge in [-0.25, -0.2) is 0 Å². The summed E-state index contributed by atoms with van der Waals surface area (Å²) in [6.07, 6.45) is 0.855. The maximum Gasteiger partial charge on any atom is 0.268 e. The summed E-state index contributed by atoms with van der Waals surface area (Å²) >= 11 is 0. The molecule has 4 nitrogen and oxygen atoms in total. The Labute approximate surface area is 134 Å². The summed E-state index contributed by atoms with van der Waals surface area (Å²) in [4.78, 5) is 15.8. The van der Waals surface area contributed by atoms with Gasteiger partial charge in [-0.05, 0) is 36.7 Å². The van der Waals surface area contributed by atoms with Crippen LogP contribution in [0, 0.1) is 0 Å². The van der Waals surface area contributed by atoms with E-state index in [0.29, 0.717) is 5.69 Å². The van der Waals surface area contributed by atoms with Gasteiger partial charge in [-0.3, -0.25) is 4.79 Å². The normalized spacial score (nSPS) is 19.7. The Morgan fingerprint density at radius 1 is 1.13 bits per heavy atom. The van der Waals surface area contributed by atoms with Gasteiger partial charge in [0.15, 0.2) is 0 Å². The number of aromatic nitrogens is 1. The molecule has 4 heteroatoms. The number of fused-ring (bicyclic) bond motifs is 2. The number of likely N-dealkylation sites (N-methyl/N-ethyl adjacent to an activating group) is 1. The van der Waals surface area contributed by atoms with Crippen LogP contribution in [0.1, 0.15) is 27.7 Å². The smallest absolute Gasteiger partial charge is 0.268 e. The lowest BCUT2D eigenvalue weighted by Gasteiger charge is -2.21. The fourth-order valence-electron chi connectivity index (χ4n) is 3.53. The van der Waals surface area contributed by atoms with Crippen LogP contribution in [0.4, 0.5) is 0 Å². The SMILES string of the molecule is CN[C@@H]1c2ccccc2C[C@H]1NC(=O)c1cc2ccccc2[nH]1. The number of carbonyl (C=O) groups excluding carboxylic acids is 1. The van der Waals surface area contributed by atoms with Gasteiger partial charge >= 0.3 is 0 Å². The molecule has 0 radical (unpaired) electrons. The standard InChI is InChI=1S/C19H19N3O/c1-20-18-14-8-4-2-6-12(14)10-16(18)22-19(23)17-11-13-7-3-5-9-15(13)21-17/h2-9,11,16,18,20-21H,10H2,1H3,(H,22,23)/t16-,18-/m1/s1. The van der Waals surface area contributed by atoms with E-state index in [0.717, 1.165) is 17.3 Å². The monoisotopic (exact) mass is 305 g/mol. The first-order chi connectivity index (χ1) is 11.3. The van der Waals surface area contributed by atoms with E-state index in [-0.39, 0.29) is 18.0 Å². The van der Waals surface area contributed by atoms with Crippen molar-refractivity contribution in [2.45, 2.75) is 18.5 Å². The van der Waals surface area contributed by atoms with E-state index in [4.69, 9.17) is 0 Å². The van der Waals surface area contributed by atoms with Gasteiger partial charge in [0.1, 0.15) is 5.69 Å². The summed E-state index contributed by atoms with van der Waals surface area (Å²) in [5.74, 6) is -0.0562. The molecule has 0 unspecified atom stereocenters. The lowest BCUT2D eigenvalue weighted by Crippen LogP contribution is -2.41. The minimum absolute atomic E-state index is 0.0562. The van der Waals surface area contributed by atoms with Crippen LogP contribution in [0.2, 0.25) is 0 Å². The first-order valence-electron chi connectivity index (χ1n) is 7.90. The predicted octanol–water partition coefficient (Wildman–Crippen LogP) is 2.78. The maximum atomic E-state index is 12.6. The van der Waals surface area contributed by atoms with Crippen molar-refractivity contribution in [1.29, 1.82) is 0 Å². The van der Waals surface area contributed by atoms with Gasteiger partial charge in [-0.2, -0.15) is 0 Å². The van der Waals surface area contributed by atoms with Crippen molar-refractivity contribution in [3.63, 3.8) is 0 Å². The van der Waals surface area contributed by atoms with Crippen LogP contribution >= 0.6 is 0 Å². The molecule has 23 heavy (non-hydrogen) atoms. The van der Waals surface area contributed by atoms with E-state index in [1.807, 2.05) is 49.5 Å². The molecule has 3 aromatic rings. The first kappa shape index (κ1) is 14.0. The molecule has 0 spiro atoms. The van der Waals surface area contributed by atoms with Crippen LogP contribution in [-0.4, -0.2) is 24.0 Å². The Hall–Kier alpha value is -2.59. The van der Waals surface area contributed by atoms with E-state index in [2.05, 4.69) is 27.8 Å². The second-order valence-corrected chi connectivity index (χ2v) is 6.02. The molecule has 1 amide bonds. The Morgan fingerprint density at radius 2 is 1.91 bits per heavy atom. The highest BCUT2D eigenvalue weighted by Gasteiger charge is 2.32. The van der Waals surface area contributed by atoms with Crippen LogP contribution < -0.4 is 10.6 Å². The number of hydrogen-bond acceptors (Lipinski definition) is 2. The highest BCUT2D eigenvalue weighted by Crippen LogP contribution is 2.31. The average molecular weight is 305 g/mol. The van der Waals surface area contributed by atoms with Crippen molar-refractivity contribution in [1.82, 2.24) is 15.6 Å². The highest BCUT2D eigenvalue weighted by atomic mass is 16.2. The quantitative estimate of drug-likeness (QED) is 0.697. The van der Waals surface area contributed by atoms with Gasteiger partial charge < -0.3 is 15.6 Å². The van der Waals surface area contributed by atoms with Crippen LogP contribution in [0.3, 0.4) is 0 Å². The van der Waals surface area contributed by atoms with Gasteiger partial charge in [-0.1, -0.05) is 42.5 Å². The molecule has 3 N–H and O–H groups in total. The van der Waals surface area contributed by atoms with E-state index in [1.165, 1.54) is 11.1 Å². The van der Waals surface area contributed by atoms with Gasteiger partial charge in [0, 0.05) is 10.9 Å². The molecule has 0 fully saturated rings. The summed E-state index contributed by atoms with van der Waals surface area (Å²) in [6, 6.07) is 18.4. The third-order valence-electron chi connectivity index (χ3n) is 4.63. The third-order valence-corrected chi connectivity index (χ3v) is 4.63. The van der Waals surface area contributed by atoms with E-state index in [9.17, 15) is 4.79 Å². The van der Waals surface area contributed by atoms with Crippen molar-refractivity contribution >= 4 is 16.8 Å². The zero-order valence-corrected chi connectivity index (χ0v) is 13.0. The van der Waals surface area contributed by atoms with Crippen LogP contribution in [0.5, 0.6) is 0 Å². The predicted molar refractivity (Wildman–Crippen MR) is 91.5 cm³/mol. The fraction of sp³-hybridized carbons (Fsp3) is 0.211. The lowest BCUT2D eigenvalue weighted by atomic mass is 10.1. The molecule has 4 rings (SSSR count). The molecule has 1 heterocycles. The largest absolute Gasteiger partial charge is 0.351 e. The van der Waals surface area contributed by atoms with E-state index in [1.54, 1.807) is 0 Å². The fourth-order valence-corrected chi connectivity index (χ4v) is 3.53. The summed E-state index contributed by atoms with van der Waals surface area (Å²) in [7, 11) is 1.94. The van der Waals surface area contributed by atoms with E-state index < -0.39 is 0 Å². The van der Waals surface area contributed by atoms with Gasteiger partial charge in [0.25, 0.3) is 5.91 Å². The van der Waals surface area contributed by atoms with Crippen LogP contribution in [0.25, 0.3) is 10.9 Å². The number of benzene rings is 2.